The monoisotopic (exact) mass is 250 g/mol. The Labute approximate surface area is 104 Å². The van der Waals surface area contributed by atoms with Gasteiger partial charge in [0.25, 0.3) is 0 Å². The Morgan fingerprint density at radius 3 is 2.81 bits per heavy atom. The Kier molecular flexibility index (Phi) is 3.42. The summed E-state index contributed by atoms with van der Waals surface area (Å²) in [6, 6.07) is 7.42. The van der Waals surface area contributed by atoms with Gasteiger partial charge in [-0.2, -0.15) is 11.3 Å². The second kappa shape index (κ2) is 4.81. The molecule has 0 radical (unpaired) electrons. The summed E-state index contributed by atoms with van der Waals surface area (Å²) in [7, 11) is 0. The van der Waals surface area contributed by atoms with E-state index in [4.69, 9.17) is 11.6 Å². The molecule has 0 fully saturated rings. The van der Waals surface area contributed by atoms with E-state index < -0.39 is 0 Å². The average Bonchev–Trinajstić information content (AvgIpc) is 2.68. The van der Waals surface area contributed by atoms with Gasteiger partial charge in [-0.15, -0.1) is 0 Å². The molecule has 0 aliphatic rings. The number of carbonyl (C=O) groups excluding carboxylic acids is 1. The summed E-state index contributed by atoms with van der Waals surface area (Å²) in [5, 5.41) is 4.59. The number of thiophene rings is 1. The van der Waals surface area contributed by atoms with Crippen molar-refractivity contribution < 1.29 is 4.79 Å². The van der Waals surface area contributed by atoms with Gasteiger partial charge in [-0.05, 0) is 53.1 Å². The lowest BCUT2D eigenvalue weighted by atomic mass is 10.0. The van der Waals surface area contributed by atoms with E-state index >= 15 is 0 Å². The maximum Gasteiger partial charge on any atom is 0.167 e. The number of aryl methyl sites for hydroxylation is 1. The second-order valence-corrected chi connectivity index (χ2v) is 4.97. The smallest absolute Gasteiger partial charge is 0.167 e. The summed E-state index contributed by atoms with van der Waals surface area (Å²) in [4.78, 5) is 12.0. The summed E-state index contributed by atoms with van der Waals surface area (Å²) >= 11 is 7.53. The quantitative estimate of drug-likeness (QED) is 0.749. The van der Waals surface area contributed by atoms with Crippen LogP contribution in [0.15, 0.2) is 35.0 Å². The van der Waals surface area contributed by atoms with E-state index in [9.17, 15) is 4.79 Å². The van der Waals surface area contributed by atoms with Gasteiger partial charge in [-0.25, -0.2) is 0 Å². The standard InChI is InChI=1S/C13H11ClOS/c1-9-4-11(7-12(14)5-9)13(15)6-10-2-3-16-8-10/h2-5,7-8H,6H2,1H3. The van der Waals surface area contributed by atoms with E-state index in [1.54, 1.807) is 17.4 Å². The third kappa shape index (κ3) is 2.71. The summed E-state index contributed by atoms with van der Waals surface area (Å²) in [5.74, 6) is 0.115. The van der Waals surface area contributed by atoms with Gasteiger partial charge in [-0.1, -0.05) is 11.6 Å². The van der Waals surface area contributed by atoms with E-state index in [-0.39, 0.29) is 5.78 Å². The third-order valence-electron chi connectivity index (χ3n) is 2.31. The molecular formula is C13H11ClOS. The Hall–Kier alpha value is -1.12. The van der Waals surface area contributed by atoms with E-state index in [2.05, 4.69) is 0 Å². The number of ketones is 1. The topological polar surface area (TPSA) is 17.1 Å². The zero-order valence-electron chi connectivity index (χ0n) is 8.87. The molecule has 82 valence electrons. The Bertz CT molecular complexity index is 482. The van der Waals surface area contributed by atoms with Crippen LogP contribution < -0.4 is 0 Å². The minimum atomic E-state index is 0.115. The lowest BCUT2D eigenvalue weighted by molar-refractivity contribution is 0.0993. The largest absolute Gasteiger partial charge is 0.294 e. The minimum Gasteiger partial charge on any atom is -0.294 e. The van der Waals surface area contributed by atoms with Gasteiger partial charge in [-0.3, -0.25) is 4.79 Å². The van der Waals surface area contributed by atoms with Crippen molar-refractivity contribution in [2.45, 2.75) is 13.3 Å². The molecule has 0 saturated carbocycles. The number of rotatable bonds is 3. The van der Waals surface area contributed by atoms with Crippen LogP contribution in [0, 0.1) is 6.92 Å². The number of benzene rings is 1. The first-order valence-electron chi connectivity index (χ1n) is 4.96. The molecule has 1 aromatic heterocycles. The van der Waals surface area contributed by atoms with Crippen molar-refractivity contribution in [2.24, 2.45) is 0 Å². The van der Waals surface area contributed by atoms with Gasteiger partial charge in [0.2, 0.25) is 0 Å². The van der Waals surface area contributed by atoms with Crippen molar-refractivity contribution in [1.82, 2.24) is 0 Å². The molecule has 3 heteroatoms. The van der Waals surface area contributed by atoms with Gasteiger partial charge >= 0.3 is 0 Å². The second-order valence-electron chi connectivity index (χ2n) is 3.75. The molecule has 0 aliphatic carbocycles. The molecule has 0 spiro atoms. The number of Topliss-reactive ketones (excluding diaryl/α,β-unsaturated/α-hetero) is 1. The van der Waals surface area contributed by atoms with Crippen molar-refractivity contribution in [3.8, 4) is 0 Å². The third-order valence-corrected chi connectivity index (χ3v) is 3.26. The van der Waals surface area contributed by atoms with Crippen LogP contribution in [-0.4, -0.2) is 5.78 Å². The molecule has 16 heavy (non-hydrogen) atoms. The molecule has 0 N–H and O–H groups in total. The number of hydrogen-bond donors (Lipinski definition) is 0. The van der Waals surface area contributed by atoms with Crippen LogP contribution in [0.2, 0.25) is 5.02 Å². The first kappa shape index (κ1) is 11.4. The zero-order valence-corrected chi connectivity index (χ0v) is 10.4. The predicted molar refractivity (Wildman–Crippen MR) is 68.5 cm³/mol. The van der Waals surface area contributed by atoms with Gasteiger partial charge in [0.15, 0.2) is 5.78 Å². The Morgan fingerprint density at radius 1 is 1.38 bits per heavy atom. The van der Waals surface area contributed by atoms with Gasteiger partial charge in [0, 0.05) is 17.0 Å². The van der Waals surface area contributed by atoms with Crippen LogP contribution in [0.5, 0.6) is 0 Å². The minimum absolute atomic E-state index is 0.115. The van der Waals surface area contributed by atoms with Crippen LogP contribution in [0.25, 0.3) is 0 Å². The molecule has 2 aromatic rings. The van der Waals surface area contributed by atoms with Crippen LogP contribution in [-0.2, 0) is 6.42 Å². The first-order valence-corrected chi connectivity index (χ1v) is 6.29. The molecule has 0 bridgehead atoms. The highest BCUT2D eigenvalue weighted by Gasteiger charge is 2.08. The van der Waals surface area contributed by atoms with Crippen LogP contribution in [0.1, 0.15) is 21.5 Å². The van der Waals surface area contributed by atoms with E-state index in [0.29, 0.717) is 17.0 Å². The molecule has 0 atom stereocenters. The molecule has 0 saturated heterocycles. The normalized spacial score (nSPS) is 10.4. The lowest BCUT2D eigenvalue weighted by Gasteiger charge is -2.02. The van der Waals surface area contributed by atoms with Crippen molar-refractivity contribution in [2.75, 3.05) is 0 Å². The molecule has 1 heterocycles. The Balaban J connectivity index is 2.21. The highest BCUT2D eigenvalue weighted by Crippen LogP contribution is 2.17. The summed E-state index contributed by atoms with van der Waals surface area (Å²) in [6.07, 6.45) is 0.448. The highest BCUT2D eigenvalue weighted by molar-refractivity contribution is 7.08. The summed E-state index contributed by atoms with van der Waals surface area (Å²) in [5.41, 5.74) is 2.77. The van der Waals surface area contributed by atoms with E-state index in [1.807, 2.05) is 35.9 Å². The highest BCUT2D eigenvalue weighted by atomic mass is 35.5. The molecule has 1 nitrogen and oxygen atoms in total. The van der Waals surface area contributed by atoms with Gasteiger partial charge in [0.1, 0.15) is 0 Å². The molecule has 0 unspecified atom stereocenters. The van der Waals surface area contributed by atoms with E-state index in [0.717, 1.165) is 11.1 Å². The average molecular weight is 251 g/mol. The number of carbonyl (C=O) groups is 1. The lowest BCUT2D eigenvalue weighted by Crippen LogP contribution is -2.03. The zero-order chi connectivity index (χ0) is 11.5. The fourth-order valence-electron chi connectivity index (χ4n) is 1.58. The summed E-state index contributed by atoms with van der Waals surface area (Å²) < 4.78 is 0. The van der Waals surface area contributed by atoms with Crippen LogP contribution in [0.4, 0.5) is 0 Å². The van der Waals surface area contributed by atoms with Crippen molar-refractivity contribution in [3.63, 3.8) is 0 Å². The maximum absolute atomic E-state index is 12.0. The fourth-order valence-corrected chi connectivity index (χ4v) is 2.54. The molecular weight excluding hydrogens is 240 g/mol. The van der Waals surface area contributed by atoms with Crippen molar-refractivity contribution in [3.05, 3.63) is 56.7 Å². The van der Waals surface area contributed by atoms with E-state index in [1.165, 1.54) is 0 Å². The Morgan fingerprint density at radius 2 is 2.19 bits per heavy atom. The molecule has 0 aliphatic heterocycles. The van der Waals surface area contributed by atoms with Crippen LogP contribution >= 0.6 is 22.9 Å². The van der Waals surface area contributed by atoms with Gasteiger partial charge < -0.3 is 0 Å². The SMILES string of the molecule is Cc1cc(Cl)cc(C(=O)Cc2ccsc2)c1. The number of halogens is 1. The van der Waals surface area contributed by atoms with Gasteiger partial charge in [0.05, 0.1) is 0 Å². The molecule has 1 aromatic carbocycles. The fraction of sp³-hybridized carbons (Fsp3) is 0.154. The van der Waals surface area contributed by atoms with Crippen molar-refractivity contribution >= 4 is 28.7 Å². The molecule has 2 rings (SSSR count). The van der Waals surface area contributed by atoms with Crippen molar-refractivity contribution in [1.29, 1.82) is 0 Å². The van der Waals surface area contributed by atoms with Crippen LogP contribution in [0.3, 0.4) is 0 Å². The number of hydrogen-bond acceptors (Lipinski definition) is 2. The first-order chi connectivity index (χ1) is 7.65. The molecule has 0 amide bonds. The maximum atomic E-state index is 12.0. The summed E-state index contributed by atoms with van der Waals surface area (Å²) in [6.45, 7) is 1.94. The predicted octanol–water partition coefficient (Wildman–Crippen LogP) is 4.14.